The molecule has 2 N–H and O–H groups in total. The van der Waals surface area contributed by atoms with Crippen molar-refractivity contribution in [3.63, 3.8) is 0 Å². The molecule has 1 rings (SSSR count). The van der Waals surface area contributed by atoms with Gasteiger partial charge in [0.1, 0.15) is 0 Å². The van der Waals surface area contributed by atoms with Crippen LogP contribution in [0.15, 0.2) is 12.1 Å². The topological polar surface area (TPSA) is 32.3 Å². The lowest BCUT2D eigenvalue weighted by atomic mass is 9.93. The third-order valence-corrected chi connectivity index (χ3v) is 3.26. The van der Waals surface area contributed by atoms with Crippen LogP contribution in [0.4, 0.5) is 0 Å². The number of aliphatic hydroxyl groups excluding tert-OH is 1. The molecule has 0 aliphatic carbocycles. The Morgan fingerprint density at radius 2 is 1.75 bits per heavy atom. The summed E-state index contributed by atoms with van der Waals surface area (Å²) in [6.07, 6.45) is 1.83. The fourth-order valence-corrected chi connectivity index (χ4v) is 2.11. The Labute approximate surface area is 98.7 Å². The van der Waals surface area contributed by atoms with Gasteiger partial charge >= 0.3 is 0 Å². The third kappa shape index (κ3) is 3.06. The van der Waals surface area contributed by atoms with E-state index in [1.165, 1.54) is 22.3 Å². The summed E-state index contributed by atoms with van der Waals surface area (Å²) in [7, 11) is 1.98. The molecule has 0 fully saturated rings. The van der Waals surface area contributed by atoms with E-state index in [0.717, 1.165) is 12.8 Å². The van der Waals surface area contributed by atoms with Gasteiger partial charge in [0.2, 0.25) is 0 Å². The van der Waals surface area contributed by atoms with Crippen LogP contribution in [-0.4, -0.2) is 18.8 Å². The maximum Gasteiger partial charge on any atom is 0.0431 e. The highest BCUT2D eigenvalue weighted by molar-refractivity contribution is 5.38. The van der Waals surface area contributed by atoms with Gasteiger partial charge in [-0.15, -0.1) is 0 Å². The van der Waals surface area contributed by atoms with E-state index in [1.54, 1.807) is 0 Å². The van der Waals surface area contributed by atoms with E-state index >= 15 is 0 Å². The van der Waals surface area contributed by atoms with E-state index in [0.29, 0.717) is 6.04 Å². The van der Waals surface area contributed by atoms with Crippen LogP contribution in [0.5, 0.6) is 0 Å². The van der Waals surface area contributed by atoms with Crippen LogP contribution in [0.2, 0.25) is 0 Å². The standard InChI is InChI=1S/C14H23NO/c1-10-8-12(3)13(9-11(10)2)14(15-4)6-5-7-16/h8-9,14-16H,5-7H2,1-4H3. The van der Waals surface area contributed by atoms with E-state index in [9.17, 15) is 0 Å². The lowest BCUT2D eigenvalue weighted by Gasteiger charge is -2.20. The number of hydrogen-bond acceptors (Lipinski definition) is 2. The Bertz CT molecular complexity index is 347. The predicted molar refractivity (Wildman–Crippen MR) is 68.8 cm³/mol. The molecule has 2 nitrogen and oxygen atoms in total. The highest BCUT2D eigenvalue weighted by Gasteiger charge is 2.12. The summed E-state index contributed by atoms with van der Waals surface area (Å²) in [6.45, 7) is 6.72. The zero-order chi connectivity index (χ0) is 12.1. The quantitative estimate of drug-likeness (QED) is 0.801. The van der Waals surface area contributed by atoms with Crippen LogP contribution in [0.3, 0.4) is 0 Å². The molecular weight excluding hydrogens is 198 g/mol. The van der Waals surface area contributed by atoms with Crippen LogP contribution < -0.4 is 5.32 Å². The van der Waals surface area contributed by atoms with Crippen molar-refractivity contribution in [3.8, 4) is 0 Å². The Hall–Kier alpha value is -0.860. The second-order valence-electron chi connectivity index (χ2n) is 4.50. The molecule has 0 saturated carbocycles. The summed E-state index contributed by atoms with van der Waals surface area (Å²) in [5, 5.41) is 12.2. The number of aliphatic hydroxyl groups is 1. The Balaban J connectivity index is 2.95. The predicted octanol–water partition coefficient (Wildman–Crippen LogP) is 2.64. The van der Waals surface area contributed by atoms with E-state index < -0.39 is 0 Å². The van der Waals surface area contributed by atoms with Crippen molar-refractivity contribution in [2.45, 2.75) is 39.7 Å². The summed E-state index contributed by atoms with van der Waals surface area (Å²) >= 11 is 0. The van der Waals surface area contributed by atoms with Gasteiger partial charge in [0, 0.05) is 12.6 Å². The summed E-state index contributed by atoms with van der Waals surface area (Å²) < 4.78 is 0. The SMILES string of the molecule is CNC(CCCO)c1cc(C)c(C)cc1C. The zero-order valence-corrected chi connectivity index (χ0v) is 10.8. The lowest BCUT2D eigenvalue weighted by molar-refractivity contribution is 0.276. The van der Waals surface area contributed by atoms with E-state index in [-0.39, 0.29) is 6.61 Å². The van der Waals surface area contributed by atoms with Crippen molar-refractivity contribution in [2.24, 2.45) is 0 Å². The van der Waals surface area contributed by atoms with Crippen molar-refractivity contribution in [1.29, 1.82) is 0 Å². The molecule has 1 atom stereocenters. The van der Waals surface area contributed by atoms with Crippen molar-refractivity contribution in [3.05, 3.63) is 34.4 Å². The van der Waals surface area contributed by atoms with Crippen LogP contribution >= 0.6 is 0 Å². The van der Waals surface area contributed by atoms with Crippen LogP contribution in [0, 0.1) is 20.8 Å². The largest absolute Gasteiger partial charge is 0.396 e. The summed E-state index contributed by atoms with van der Waals surface area (Å²) in [6, 6.07) is 4.86. The molecule has 1 aromatic rings. The molecule has 0 saturated heterocycles. The molecule has 0 spiro atoms. The first kappa shape index (κ1) is 13.2. The average molecular weight is 221 g/mol. The fourth-order valence-electron chi connectivity index (χ4n) is 2.11. The van der Waals surface area contributed by atoms with Gasteiger partial charge in [-0.05, 0) is 62.9 Å². The zero-order valence-electron chi connectivity index (χ0n) is 10.8. The molecule has 16 heavy (non-hydrogen) atoms. The van der Waals surface area contributed by atoms with Gasteiger partial charge in [-0.2, -0.15) is 0 Å². The Morgan fingerprint density at radius 3 is 2.31 bits per heavy atom. The minimum absolute atomic E-state index is 0.266. The molecule has 0 aromatic heterocycles. The normalized spacial score (nSPS) is 12.8. The Morgan fingerprint density at radius 1 is 1.12 bits per heavy atom. The van der Waals surface area contributed by atoms with Gasteiger partial charge < -0.3 is 10.4 Å². The van der Waals surface area contributed by atoms with Crippen molar-refractivity contribution < 1.29 is 5.11 Å². The van der Waals surface area contributed by atoms with Crippen LogP contribution in [0.1, 0.15) is 41.1 Å². The van der Waals surface area contributed by atoms with Gasteiger partial charge in [-0.3, -0.25) is 0 Å². The highest BCUT2D eigenvalue weighted by Crippen LogP contribution is 2.24. The molecule has 0 bridgehead atoms. The van der Waals surface area contributed by atoms with Crippen LogP contribution in [-0.2, 0) is 0 Å². The first-order valence-corrected chi connectivity index (χ1v) is 5.96. The second-order valence-corrected chi connectivity index (χ2v) is 4.50. The van der Waals surface area contributed by atoms with Crippen molar-refractivity contribution in [1.82, 2.24) is 5.32 Å². The minimum Gasteiger partial charge on any atom is -0.396 e. The van der Waals surface area contributed by atoms with Gasteiger partial charge in [0.25, 0.3) is 0 Å². The maximum atomic E-state index is 8.90. The van der Waals surface area contributed by atoms with Crippen molar-refractivity contribution >= 4 is 0 Å². The van der Waals surface area contributed by atoms with Gasteiger partial charge in [0.05, 0.1) is 0 Å². The van der Waals surface area contributed by atoms with Gasteiger partial charge in [0.15, 0.2) is 0 Å². The molecule has 0 aliphatic rings. The van der Waals surface area contributed by atoms with Gasteiger partial charge in [-0.1, -0.05) is 12.1 Å². The van der Waals surface area contributed by atoms with E-state index in [2.05, 4.69) is 38.2 Å². The monoisotopic (exact) mass is 221 g/mol. The first-order chi connectivity index (χ1) is 7.60. The number of benzene rings is 1. The molecule has 1 unspecified atom stereocenters. The molecular formula is C14H23NO. The lowest BCUT2D eigenvalue weighted by Crippen LogP contribution is -2.18. The molecule has 90 valence electrons. The first-order valence-electron chi connectivity index (χ1n) is 5.96. The van der Waals surface area contributed by atoms with Gasteiger partial charge in [-0.25, -0.2) is 0 Å². The number of rotatable bonds is 5. The highest BCUT2D eigenvalue weighted by atomic mass is 16.2. The smallest absolute Gasteiger partial charge is 0.0431 e. The molecule has 2 heteroatoms. The molecule has 0 amide bonds. The average Bonchev–Trinajstić information content (AvgIpc) is 2.26. The molecule has 1 aromatic carbocycles. The summed E-state index contributed by atoms with van der Waals surface area (Å²) in [5.74, 6) is 0. The third-order valence-electron chi connectivity index (χ3n) is 3.26. The number of hydrogen-bond donors (Lipinski definition) is 2. The molecule has 0 heterocycles. The number of nitrogens with one attached hydrogen (secondary N) is 1. The molecule has 0 aliphatic heterocycles. The fraction of sp³-hybridized carbons (Fsp3) is 0.571. The summed E-state index contributed by atoms with van der Waals surface area (Å²) in [4.78, 5) is 0. The minimum atomic E-state index is 0.266. The van der Waals surface area contributed by atoms with E-state index in [4.69, 9.17) is 5.11 Å². The maximum absolute atomic E-state index is 8.90. The summed E-state index contributed by atoms with van der Waals surface area (Å²) in [5.41, 5.74) is 5.38. The number of aryl methyl sites for hydroxylation is 3. The second kappa shape index (κ2) is 6.02. The molecule has 0 radical (unpaired) electrons. The van der Waals surface area contributed by atoms with Crippen LogP contribution in [0.25, 0.3) is 0 Å². The van der Waals surface area contributed by atoms with Crippen molar-refractivity contribution in [2.75, 3.05) is 13.7 Å². The Kier molecular flexibility index (Phi) is 4.97. The van der Waals surface area contributed by atoms with E-state index in [1.807, 2.05) is 7.05 Å².